The molecule has 0 radical (unpaired) electrons. The topological polar surface area (TPSA) is 118 Å². The predicted octanol–water partition coefficient (Wildman–Crippen LogP) is 7.02. The van der Waals surface area contributed by atoms with Crippen molar-refractivity contribution in [1.82, 2.24) is 0 Å². The Balaban J connectivity index is 1.34. The number of nitrogens with zero attached hydrogens (tertiary/aromatic N) is 1. The van der Waals surface area contributed by atoms with Crippen LogP contribution < -0.4 is 9.64 Å². The number of aromatic hydroxyl groups is 1. The second-order valence-electron chi connectivity index (χ2n) is 14.1. The molecule has 1 saturated carbocycles. The van der Waals surface area contributed by atoms with E-state index in [4.69, 9.17) is 4.74 Å². The molecule has 8 nitrogen and oxygen atoms in total. The molecule has 3 aliphatic carbocycles. The van der Waals surface area contributed by atoms with E-state index in [9.17, 15) is 19.5 Å². The predicted molar refractivity (Wildman–Crippen MR) is 195 cm³/mol. The molecule has 1 aliphatic heterocycles. The first-order valence-electron chi connectivity index (χ1n) is 17.7. The summed E-state index contributed by atoms with van der Waals surface area (Å²) in [5, 5.41) is 10.8. The van der Waals surface area contributed by atoms with Crippen molar-refractivity contribution in [1.29, 1.82) is 0 Å². The number of hydrogen-bond acceptors (Lipinski definition) is 7. The van der Waals surface area contributed by atoms with Crippen LogP contribution in [0.1, 0.15) is 59.7 Å². The highest BCUT2D eigenvalue weighted by Crippen LogP contribution is 2.64. The summed E-state index contributed by atoms with van der Waals surface area (Å²) in [6, 6.07) is 30.0. The van der Waals surface area contributed by atoms with Crippen LogP contribution in [-0.4, -0.2) is 40.9 Å². The third-order valence-electron chi connectivity index (χ3n) is 11.5. The van der Waals surface area contributed by atoms with E-state index in [2.05, 4.69) is 0 Å². The summed E-state index contributed by atoms with van der Waals surface area (Å²) in [6.07, 6.45) is 3.95. The minimum Gasteiger partial charge on any atom is -0.504 e. The maximum atomic E-state index is 15.2. The number of Topliss-reactive ketones (excluding diaryl/α,β-unsaturated/α-hetero) is 2. The summed E-state index contributed by atoms with van der Waals surface area (Å²) < 4.78 is 5.83. The molecule has 0 unspecified atom stereocenters. The summed E-state index contributed by atoms with van der Waals surface area (Å²) in [4.78, 5) is 72.1. The van der Waals surface area contributed by atoms with Gasteiger partial charge in [-0.1, -0.05) is 78.4 Å². The maximum Gasteiger partial charge on any atom is 0.238 e. The molecule has 2 fully saturated rings. The lowest BCUT2D eigenvalue weighted by atomic mass is 9.44. The number of fused-ring (bicyclic) bond motifs is 4. The quantitative estimate of drug-likeness (QED) is 0.126. The Kier molecular flexibility index (Phi) is 8.13. The van der Waals surface area contributed by atoms with Crippen LogP contribution in [0.3, 0.4) is 0 Å². The summed E-state index contributed by atoms with van der Waals surface area (Å²) >= 11 is 0. The molecule has 260 valence electrons. The first-order valence-corrected chi connectivity index (χ1v) is 17.7. The van der Waals surface area contributed by atoms with E-state index >= 15 is 9.59 Å². The standard InChI is InChI=1S/C44H37NO7/c1-3-52-37-22-28(16-21-36(37)47)40-31-19-20-32-39(43(51)45(42(32)50)30-17-14-26(15-18-30)25(2)46)34(31)23-35-41(49)33(27-10-6-4-7-11-27)24-38(48)44(35,40)29-12-8-5-9-13-29/h4-19,21-22,24,32,34-35,39-40,47H,3,20,23H2,1-2H3/t32-,34+,35-,39-,40-,44-/m0/s1. The van der Waals surface area contributed by atoms with Crippen molar-refractivity contribution >= 4 is 40.4 Å². The van der Waals surface area contributed by atoms with Gasteiger partial charge in [0.05, 0.1) is 29.5 Å². The van der Waals surface area contributed by atoms with Crippen molar-refractivity contribution in [3.63, 3.8) is 0 Å². The second kappa shape index (κ2) is 12.7. The SMILES string of the molecule is CCOc1cc([C@H]2C3=CC[C@@H]4C(=O)N(c5ccc(C(C)=O)cc5)C(=O)[C@@H]4[C@@H]3C[C@H]3C(=O)C(c4ccccc4)=CC(=O)[C@@]23c2ccccc2)ccc1O. The minimum absolute atomic E-state index is 0.0544. The lowest BCUT2D eigenvalue weighted by Gasteiger charge is -2.55. The van der Waals surface area contributed by atoms with Crippen molar-refractivity contribution in [2.75, 3.05) is 11.5 Å². The minimum atomic E-state index is -1.39. The van der Waals surface area contributed by atoms with Crippen LogP contribution in [0.2, 0.25) is 0 Å². The van der Waals surface area contributed by atoms with Crippen LogP contribution in [0.15, 0.2) is 121 Å². The zero-order valence-corrected chi connectivity index (χ0v) is 28.8. The average Bonchev–Trinajstić information content (AvgIpc) is 3.42. The van der Waals surface area contributed by atoms with Gasteiger partial charge in [-0.3, -0.25) is 28.9 Å². The number of phenolic OH excluding ortho intramolecular Hbond substituents is 1. The van der Waals surface area contributed by atoms with Crippen molar-refractivity contribution < 1.29 is 33.8 Å². The van der Waals surface area contributed by atoms with Gasteiger partial charge in [-0.25, -0.2) is 0 Å². The molecule has 0 aromatic heterocycles. The highest BCUT2D eigenvalue weighted by Gasteiger charge is 2.66. The number of phenols is 1. The van der Waals surface area contributed by atoms with Gasteiger partial charge in [-0.15, -0.1) is 0 Å². The third-order valence-corrected chi connectivity index (χ3v) is 11.5. The highest BCUT2D eigenvalue weighted by atomic mass is 16.5. The molecule has 1 N–H and O–H groups in total. The molecule has 1 saturated heterocycles. The molecule has 0 spiro atoms. The number of carbonyl (C=O) groups is 5. The fourth-order valence-electron chi connectivity index (χ4n) is 9.33. The number of carbonyl (C=O) groups excluding carboxylic acids is 5. The van der Waals surface area contributed by atoms with Gasteiger partial charge in [-0.05, 0) is 91.8 Å². The van der Waals surface area contributed by atoms with E-state index in [1.54, 1.807) is 42.5 Å². The molecule has 4 aromatic carbocycles. The number of imide groups is 1. The molecular weight excluding hydrogens is 654 g/mol. The number of amides is 2. The molecule has 4 aliphatic rings. The Labute approximate surface area is 301 Å². The molecule has 52 heavy (non-hydrogen) atoms. The van der Waals surface area contributed by atoms with Crippen LogP contribution in [0, 0.1) is 23.7 Å². The number of allylic oxidation sites excluding steroid dienone is 4. The Morgan fingerprint density at radius 1 is 0.865 bits per heavy atom. The zero-order chi connectivity index (χ0) is 36.3. The molecule has 1 heterocycles. The van der Waals surface area contributed by atoms with Crippen molar-refractivity contribution in [2.24, 2.45) is 23.7 Å². The van der Waals surface area contributed by atoms with Crippen LogP contribution in [0.25, 0.3) is 5.57 Å². The smallest absolute Gasteiger partial charge is 0.238 e. The molecule has 2 amide bonds. The van der Waals surface area contributed by atoms with Crippen molar-refractivity contribution in [3.8, 4) is 11.5 Å². The summed E-state index contributed by atoms with van der Waals surface area (Å²) in [5.41, 5.74) is 2.60. The first-order chi connectivity index (χ1) is 25.2. The van der Waals surface area contributed by atoms with Crippen molar-refractivity contribution in [2.45, 2.75) is 38.0 Å². The number of rotatable bonds is 7. The van der Waals surface area contributed by atoms with Gasteiger partial charge in [0.25, 0.3) is 0 Å². The first kappa shape index (κ1) is 33.3. The molecule has 6 atom stereocenters. The Bertz CT molecular complexity index is 2200. The number of benzene rings is 4. The molecule has 4 aromatic rings. The zero-order valence-electron chi connectivity index (χ0n) is 28.8. The molecular formula is C44H37NO7. The monoisotopic (exact) mass is 691 g/mol. The fourth-order valence-corrected chi connectivity index (χ4v) is 9.33. The lowest BCUT2D eigenvalue weighted by molar-refractivity contribution is -0.135. The highest BCUT2D eigenvalue weighted by molar-refractivity contribution is 6.32. The van der Waals surface area contributed by atoms with E-state index < -0.39 is 35.0 Å². The van der Waals surface area contributed by atoms with Gasteiger partial charge in [0, 0.05) is 23.0 Å². The Morgan fingerprint density at radius 2 is 1.56 bits per heavy atom. The van der Waals surface area contributed by atoms with E-state index in [0.29, 0.717) is 40.1 Å². The number of anilines is 1. The normalized spacial score (nSPS) is 26.6. The van der Waals surface area contributed by atoms with Gasteiger partial charge in [-0.2, -0.15) is 0 Å². The summed E-state index contributed by atoms with van der Waals surface area (Å²) in [6.45, 7) is 3.57. The van der Waals surface area contributed by atoms with E-state index in [-0.39, 0.29) is 53.5 Å². The van der Waals surface area contributed by atoms with Gasteiger partial charge in [0.2, 0.25) is 11.8 Å². The summed E-state index contributed by atoms with van der Waals surface area (Å²) in [5.74, 6) is -4.61. The van der Waals surface area contributed by atoms with Crippen LogP contribution in [-0.2, 0) is 24.6 Å². The van der Waals surface area contributed by atoms with Gasteiger partial charge in [0.15, 0.2) is 28.8 Å². The number of ketones is 3. The Morgan fingerprint density at radius 3 is 2.23 bits per heavy atom. The van der Waals surface area contributed by atoms with Gasteiger partial charge >= 0.3 is 0 Å². The molecule has 8 rings (SSSR count). The van der Waals surface area contributed by atoms with Crippen LogP contribution >= 0.6 is 0 Å². The third kappa shape index (κ3) is 4.92. The van der Waals surface area contributed by atoms with Crippen molar-refractivity contribution in [3.05, 3.63) is 143 Å². The second-order valence-corrected chi connectivity index (χ2v) is 14.1. The number of hydrogen-bond donors (Lipinski definition) is 1. The fraction of sp³-hybridized carbons (Fsp3) is 0.250. The number of ether oxygens (including phenoxy) is 1. The average molecular weight is 692 g/mol. The van der Waals surface area contributed by atoms with Gasteiger partial charge < -0.3 is 9.84 Å². The maximum absolute atomic E-state index is 15.2. The Hall–Kier alpha value is -5.89. The molecule has 8 heteroatoms. The summed E-state index contributed by atoms with van der Waals surface area (Å²) in [7, 11) is 0. The van der Waals surface area contributed by atoms with Crippen LogP contribution in [0.4, 0.5) is 5.69 Å². The molecule has 0 bridgehead atoms. The largest absolute Gasteiger partial charge is 0.504 e. The van der Waals surface area contributed by atoms with E-state index in [1.807, 2.05) is 73.7 Å². The van der Waals surface area contributed by atoms with E-state index in [0.717, 1.165) is 5.57 Å². The lowest BCUT2D eigenvalue weighted by Crippen LogP contribution is -2.58. The van der Waals surface area contributed by atoms with Gasteiger partial charge in [0.1, 0.15) is 0 Å². The van der Waals surface area contributed by atoms with Crippen LogP contribution in [0.5, 0.6) is 11.5 Å². The van der Waals surface area contributed by atoms with E-state index in [1.165, 1.54) is 17.9 Å².